The van der Waals surface area contributed by atoms with E-state index in [9.17, 15) is 14.4 Å². The molecule has 1 unspecified atom stereocenters. The Balaban J connectivity index is 1.48. The second-order valence-electron chi connectivity index (χ2n) is 7.55. The van der Waals surface area contributed by atoms with Gasteiger partial charge in [0.1, 0.15) is 0 Å². The van der Waals surface area contributed by atoms with Crippen LogP contribution in [0, 0.1) is 0 Å². The van der Waals surface area contributed by atoms with E-state index in [1.54, 1.807) is 6.07 Å². The molecule has 0 bridgehead atoms. The Bertz CT molecular complexity index is 905. The van der Waals surface area contributed by atoms with Crippen LogP contribution < -0.4 is 20.9 Å². The van der Waals surface area contributed by atoms with Gasteiger partial charge in [0, 0.05) is 48.7 Å². The quantitative estimate of drug-likeness (QED) is 0.603. The molecular formula is C22H28N4O3S. The number of hydrogen-bond donors (Lipinski definition) is 3. The van der Waals surface area contributed by atoms with E-state index in [0.717, 1.165) is 29.3 Å². The first kappa shape index (κ1) is 21.8. The number of hydrogen-bond acceptors (Lipinski definition) is 5. The first-order valence-electron chi connectivity index (χ1n) is 10.2. The van der Waals surface area contributed by atoms with Gasteiger partial charge in [-0.15, -0.1) is 11.3 Å². The molecule has 30 heavy (non-hydrogen) atoms. The van der Waals surface area contributed by atoms with Crippen LogP contribution in [0.4, 0.5) is 11.4 Å². The minimum absolute atomic E-state index is 0.111. The fourth-order valence-electron chi connectivity index (χ4n) is 3.40. The molecular weight excluding hydrogens is 400 g/mol. The SMILES string of the molecule is CC(=O)NCc1ccc(C(=O)NC(C)CC(=O)Nc2cccc(N3CCCC3)c2)s1. The minimum atomic E-state index is -0.305. The van der Waals surface area contributed by atoms with Gasteiger partial charge in [0.15, 0.2) is 0 Å². The van der Waals surface area contributed by atoms with E-state index in [1.807, 2.05) is 31.2 Å². The van der Waals surface area contributed by atoms with E-state index < -0.39 is 0 Å². The van der Waals surface area contributed by atoms with Gasteiger partial charge in [-0.25, -0.2) is 0 Å². The molecule has 2 heterocycles. The molecule has 0 aliphatic carbocycles. The zero-order valence-corrected chi connectivity index (χ0v) is 18.2. The van der Waals surface area contributed by atoms with Crippen LogP contribution in [0.15, 0.2) is 36.4 Å². The summed E-state index contributed by atoms with van der Waals surface area (Å²) < 4.78 is 0. The molecule has 1 fully saturated rings. The predicted molar refractivity (Wildman–Crippen MR) is 120 cm³/mol. The average Bonchev–Trinajstić information content (AvgIpc) is 3.38. The number of nitrogens with one attached hydrogen (secondary N) is 3. The van der Waals surface area contributed by atoms with Crippen molar-refractivity contribution in [3.05, 3.63) is 46.2 Å². The summed E-state index contributed by atoms with van der Waals surface area (Å²) in [4.78, 5) is 39.6. The lowest BCUT2D eigenvalue weighted by atomic mass is 10.2. The van der Waals surface area contributed by atoms with E-state index >= 15 is 0 Å². The average molecular weight is 429 g/mol. The fourth-order valence-corrected chi connectivity index (χ4v) is 4.25. The summed E-state index contributed by atoms with van der Waals surface area (Å²) >= 11 is 1.33. The maximum Gasteiger partial charge on any atom is 0.261 e. The molecule has 0 saturated carbocycles. The molecule has 7 nitrogen and oxygen atoms in total. The van der Waals surface area contributed by atoms with E-state index in [4.69, 9.17) is 0 Å². The molecule has 3 rings (SSSR count). The van der Waals surface area contributed by atoms with Gasteiger partial charge in [-0.1, -0.05) is 6.07 Å². The van der Waals surface area contributed by atoms with Gasteiger partial charge >= 0.3 is 0 Å². The zero-order valence-electron chi connectivity index (χ0n) is 17.4. The van der Waals surface area contributed by atoms with Crippen LogP contribution in [0.1, 0.15) is 47.7 Å². The van der Waals surface area contributed by atoms with Crippen molar-refractivity contribution in [3.63, 3.8) is 0 Å². The number of carbonyl (C=O) groups excluding carboxylic acids is 3. The highest BCUT2D eigenvalue weighted by Crippen LogP contribution is 2.23. The first-order valence-corrected chi connectivity index (χ1v) is 11.0. The molecule has 0 spiro atoms. The van der Waals surface area contributed by atoms with Gasteiger partial charge in [0.25, 0.3) is 5.91 Å². The molecule has 3 amide bonds. The molecule has 1 aromatic carbocycles. The van der Waals surface area contributed by atoms with Crippen LogP contribution in [0.25, 0.3) is 0 Å². The Morgan fingerprint density at radius 1 is 1.13 bits per heavy atom. The largest absolute Gasteiger partial charge is 0.371 e. The van der Waals surface area contributed by atoms with Crippen molar-refractivity contribution in [2.75, 3.05) is 23.3 Å². The molecule has 1 saturated heterocycles. The molecule has 0 radical (unpaired) electrons. The summed E-state index contributed by atoms with van der Waals surface area (Å²) in [5, 5.41) is 8.50. The Kier molecular flexibility index (Phi) is 7.46. The Hall–Kier alpha value is -2.87. The third-order valence-corrected chi connectivity index (χ3v) is 5.95. The topological polar surface area (TPSA) is 90.5 Å². The van der Waals surface area contributed by atoms with Gasteiger partial charge in [-0.3, -0.25) is 14.4 Å². The lowest BCUT2D eigenvalue weighted by Crippen LogP contribution is -2.35. The summed E-state index contributed by atoms with van der Waals surface area (Å²) in [5.74, 6) is -0.468. The highest BCUT2D eigenvalue weighted by molar-refractivity contribution is 7.14. The number of amides is 3. The molecule has 2 aromatic rings. The Morgan fingerprint density at radius 2 is 1.90 bits per heavy atom. The lowest BCUT2D eigenvalue weighted by molar-refractivity contribution is -0.119. The third kappa shape index (κ3) is 6.32. The standard InChI is InChI=1S/C22H28N4O3S/c1-15(24-22(29)20-9-8-19(30-20)14-23-16(2)27)12-21(28)25-17-6-5-7-18(13-17)26-10-3-4-11-26/h5-9,13,15H,3-4,10-12,14H2,1-2H3,(H,23,27)(H,24,29)(H,25,28). The molecule has 1 aliphatic heterocycles. The Labute approximate surface area is 180 Å². The van der Waals surface area contributed by atoms with Crippen molar-refractivity contribution in [2.45, 2.75) is 45.7 Å². The predicted octanol–water partition coefficient (Wildman–Crippen LogP) is 3.13. The summed E-state index contributed by atoms with van der Waals surface area (Å²) in [5.41, 5.74) is 1.89. The van der Waals surface area contributed by atoms with Gasteiger partial charge in [0.05, 0.1) is 11.4 Å². The number of nitrogens with zero attached hydrogens (tertiary/aromatic N) is 1. The molecule has 1 aromatic heterocycles. The van der Waals surface area contributed by atoms with Crippen LogP contribution in [0.3, 0.4) is 0 Å². The van der Waals surface area contributed by atoms with Crippen molar-refractivity contribution < 1.29 is 14.4 Å². The van der Waals surface area contributed by atoms with Gasteiger partial charge in [-0.05, 0) is 50.1 Å². The Morgan fingerprint density at radius 3 is 2.63 bits per heavy atom. The summed E-state index contributed by atoms with van der Waals surface area (Å²) in [7, 11) is 0. The van der Waals surface area contributed by atoms with Crippen LogP contribution >= 0.6 is 11.3 Å². The highest BCUT2D eigenvalue weighted by atomic mass is 32.1. The second kappa shape index (κ2) is 10.2. The molecule has 1 atom stereocenters. The summed E-state index contributed by atoms with van der Waals surface area (Å²) in [6, 6.07) is 11.1. The van der Waals surface area contributed by atoms with Crippen LogP contribution in [0.5, 0.6) is 0 Å². The van der Waals surface area contributed by atoms with Crippen molar-refractivity contribution in [1.29, 1.82) is 0 Å². The zero-order chi connectivity index (χ0) is 21.5. The number of carbonyl (C=O) groups is 3. The second-order valence-corrected chi connectivity index (χ2v) is 8.72. The van der Waals surface area contributed by atoms with Crippen LogP contribution in [-0.4, -0.2) is 36.9 Å². The van der Waals surface area contributed by atoms with Gasteiger partial charge in [-0.2, -0.15) is 0 Å². The van der Waals surface area contributed by atoms with E-state index in [2.05, 4.69) is 26.9 Å². The minimum Gasteiger partial charge on any atom is -0.371 e. The van der Waals surface area contributed by atoms with Crippen molar-refractivity contribution in [1.82, 2.24) is 10.6 Å². The monoisotopic (exact) mass is 428 g/mol. The number of rotatable bonds is 8. The molecule has 1 aliphatic rings. The number of anilines is 2. The fraction of sp³-hybridized carbons (Fsp3) is 0.409. The maximum atomic E-state index is 12.4. The van der Waals surface area contributed by atoms with Crippen molar-refractivity contribution in [2.24, 2.45) is 0 Å². The van der Waals surface area contributed by atoms with Gasteiger partial charge < -0.3 is 20.9 Å². The molecule has 160 valence electrons. The van der Waals surface area contributed by atoms with Crippen molar-refractivity contribution >= 4 is 40.4 Å². The number of thiophene rings is 1. The van der Waals surface area contributed by atoms with E-state index in [0.29, 0.717) is 11.4 Å². The first-order chi connectivity index (χ1) is 14.4. The van der Waals surface area contributed by atoms with Crippen LogP contribution in [-0.2, 0) is 16.1 Å². The van der Waals surface area contributed by atoms with Crippen molar-refractivity contribution in [3.8, 4) is 0 Å². The van der Waals surface area contributed by atoms with Gasteiger partial charge in [0.2, 0.25) is 11.8 Å². The lowest BCUT2D eigenvalue weighted by Gasteiger charge is -2.19. The smallest absolute Gasteiger partial charge is 0.261 e. The molecule has 8 heteroatoms. The third-order valence-electron chi connectivity index (χ3n) is 4.87. The summed E-state index contributed by atoms with van der Waals surface area (Å²) in [6.07, 6.45) is 2.59. The highest BCUT2D eigenvalue weighted by Gasteiger charge is 2.16. The normalized spacial score (nSPS) is 14.3. The number of benzene rings is 1. The van der Waals surface area contributed by atoms with Crippen LogP contribution in [0.2, 0.25) is 0 Å². The molecule has 3 N–H and O–H groups in total. The summed E-state index contributed by atoms with van der Waals surface area (Å²) in [6.45, 7) is 5.77. The van der Waals surface area contributed by atoms with E-state index in [1.165, 1.54) is 31.1 Å². The maximum absolute atomic E-state index is 12.4. The van der Waals surface area contributed by atoms with E-state index in [-0.39, 0.29) is 30.2 Å².